The summed E-state index contributed by atoms with van der Waals surface area (Å²) in [6, 6.07) is 15.7. The Hall–Kier alpha value is -4.69. The van der Waals surface area contributed by atoms with Gasteiger partial charge in [0.2, 0.25) is 10.0 Å². The van der Waals surface area contributed by atoms with Crippen molar-refractivity contribution in [1.82, 2.24) is 4.57 Å². The van der Waals surface area contributed by atoms with Gasteiger partial charge < -0.3 is 30.0 Å². The fraction of sp³-hybridized carbons (Fsp3) is 0.212. The van der Waals surface area contributed by atoms with Crippen molar-refractivity contribution in [3.05, 3.63) is 102 Å². The van der Waals surface area contributed by atoms with Gasteiger partial charge in [-0.25, -0.2) is 22.3 Å². The Kier molecular flexibility index (Phi) is 10.5. The van der Waals surface area contributed by atoms with Crippen molar-refractivity contribution < 1.29 is 42.1 Å². The molecule has 1 aromatic heterocycles. The van der Waals surface area contributed by atoms with Crippen molar-refractivity contribution >= 4 is 33.7 Å². The third-order valence-electron chi connectivity index (χ3n) is 7.07. The number of carbonyl (C=O) groups excluding carboxylic acids is 2. The molecule has 0 bridgehead atoms. The van der Waals surface area contributed by atoms with Gasteiger partial charge in [-0.05, 0) is 79.6 Å². The number of carboxylic acids is 1. The Bertz CT molecular complexity index is 1850. The maximum absolute atomic E-state index is 14.1. The van der Waals surface area contributed by atoms with Gasteiger partial charge >= 0.3 is 0 Å². The van der Waals surface area contributed by atoms with Crippen molar-refractivity contribution in [2.45, 2.75) is 49.8 Å². The monoisotopic (exact) mass is 652 g/mol. The molecule has 242 valence electrons. The number of nitrogens with one attached hydrogen (secondary N) is 1. The number of aliphatic hydroxyl groups excluding tert-OH is 2. The minimum Gasteiger partial charge on any atom is -0.550 e. The van der Waals surface area contributed by atoms with Crippen molar-refractivity contribution in [3.8, 4) is 22.3 Å². The van der Waals surface area contributed by atoms with E-state index in [1.807, 2.05) is 0 Å². The van der Waals surface area contributed by atoms with Crippen LogP contribution in [0.5, 0.6) is 0 Å². The average molecular weight is 653 g/mol. The first-order chi connectivity index (χ1) is 21.6. The molecule has 0 saturated carbocycles. The van der Waals surface area contributed by atoms with Crippen LogP contribution in [-0.4, -0.2) is 47.3 Å². The Morgan fingerprint density at radius 2 is 1.43 bits per heavy atom. The Morgan fingerprint density at radius 3 is 1.91 bits per heavy atom. The van der Waals surface area contributed by atoms with Crippen LogP contribution in [-0.2, 0) is 14.8 Å². The van der Waals surface area contributed by atoms with Crippen LogP contribution in [0.15, 0.2) is 83.8 Å². The van der Waals surface area contributed by atoms with E-state index >= 15 is 0 Å². The molecule has 46 heavy (non-hydrogen) atoms. The van der Waals surface area contributed by atoms with E-state index in [4.69, 9.17) is 5.14 Å². The van der Waals surface area contributed by atoms with Crippen LogP contribution in [0.3, 0.4) is 0 Å². The predicted octanol–water partition coefficient (Wildman–Crippen LogP) is 3.85. The summed E-state index contributed by atoms with van der Waals surface area (Å²) in [6.45, 7) is 3.61. The highest BCUT2D eigenvalue weighted by molar-refractivity contribution is 7.89. The molecule has 0 aliphatic carbocycles. The van der Waals surface area contributed by atoms with Crippen LogP contribution in [0.4, 0.5) is 14.5 Å². The van der Waals surface area contributed by atoms with E-state index < -0.39 is 58.2 Å². The summed E-state index contributed by atoms with van der Waals surface area (Å²) in [4.78, 5) is 24.9. The van der Waals surface area contributed by atoms with Gasteiger partial charge in [-0.15, -0.1) is 0 Å². The number of amides is 1. The molecule has 0 unspecified atom stereocenters. The Labute approximate surface area is 264 Å². The van der Waals surface area contributed by atoms with Crippen LogP contribution < -0.4 is 15.6 Å². The molecule has 4 aromatic rings. The molecule has 2 atom stereocenters. The number of aliphatic hydroxyl groups is 2. The second-order valence-electron chi connectivity index (χ2n) is 10.9. The number of benzene rings is 3. The summed E-state index contributed by atoms with van der Waals surface area (Å²) in [5.74, 6) is -3.13. The highest BCUT2D eigenvalue weighted by atomic mass is 32.2. The van der Waals surface area contributed by atoms with Crippen LogP contribution in [0.25, 0.3) is 28.3 Å². The normalized spacial score (nSPS) is 13.2. The molecule has 10 nitrogen and oxygen atoms in total. The summed E-state index contributed by atoms with van der Waals surface area (Å²) < 4.78 is 53.2. The lowest BCUT2D eigenvalue weighted by molar-refractivity contribution is -0.307. The second kappa shape index (κ2) is 14.2. The number of anilines is 1. The van der Waals surface area contributed by atoms with Crippen molar-refractivity contribution in [2.75, 3.05) is 5.32 Å². The number of carbonyl (C=O) groups is 2. The largest absolute Gasteiger partial charge is 0.550 e. The summed E-state index contributed by atoms with van der Waals surface area (Å²) >= 11 is 0. The molecule has 13 heteroatoms. The maximum atomic E-state index is 14.1. The summed E-state index contributed by atoms with van der Waals surface area (Å²) in [5, 5.41) is 39.5. The SMILES string of the molecule is CC(C)n1c(/C=C/[C@@H](O)C[C@@H](O)CC(=O)[O-])c(-c2ccc(F)cc2)c(-c2ccc(F)cc2)c1C(=O)Nc1ccc(S(N)(=O)=O)cc1. The van der Waals surface area contributed by atoms with Gasteiger partial charge in [0.15, 0.2) is 0 Å². The fourth-order valence-electron chi connectivity index (χ4n) is 5.09. The van der Waals surface area contributed by atoms with Crippen LogP contribution in [0, 0.1) is 11.6 Å². The molecule has 3 aromatic carbocycles. The van der Waals surface area contributed by atoms with Crippen LogP contribution in [0.2, 0.25) is 0 Å². The third kappa shape index (κ3) is 8.12. The minimum atomic E-state index is -3.98. The Morgan fingerprint density at radius 1 is 0.913 bits per heavy atom. The molecular formula is C33H32F2N3O7S-. The lowest BCUT2D eigenvalue weighted by Gasteiger charge is -2.17. The lowest BCUT2D eigenvalue weighted by Crippen LogP contribution is -2.29. The van der Waals surface area contributed by atoms with E-state index in [-0.39, 0.29) is 22.7 Å². The number of aromatic nitrogens is 1. The predicted molar refractivity (Wildman–Crippen MR) is 167 cm³/mol. The number of sulfonamides is 1. The first-order valence-corrected chi connectivity index (χ1v) is 15.7. The quantitative estimate of drug-likeness (QED) is 0.180. The lowest BCUT2D eigenvalue weighted by atomic mass is 9.94. The molecule has 0 aliphatic heterocycles. The van der Waals surface area contributed by atoms with Gasteiger partial charge in [-0.3, -0.25) is 4.79 Å². The van der Waals surface area contributed by atoms with E-state index in [0.29, 0.717) is 27.9 Å². The summed E-state index contributed by atoms with van der Waals surface area (Å²) in [7, 11) is -3.98. The average Bonchev–Trinajstić information content (AvgIpc) is 3.32. The second-order valence-corrected chi connectivity index (χ2v) is 12.4. The topological polar surface area (TPSA) is 175 Å². The number of halogens is 2. The molecule has 0 saturated heterocycles. The highest BCUT2D eigenvalue weighted by Gasteiger charge is 2.30. The number of carboxylic acid groups (broad SMARTS) is 1. The fourth-order valence-corrected chi connectivity index (χ4v) is 5.61. The van der Waals surface area contributed by atoms with Crippen molar-refractivity contribution in [2.24, 2.45) is 5.14 Å². The molecule has 1 amide bonds. The van der Waals surface area contributed by atoms with E-state index in [1.165, 1.54) is 84.9 Å². The number of nitrogens with two attached hydrogens (primary N) is 1. The van der Waals surface area contributed by atoms with E-state index in [1.54, 1.807) is 18.4 Å². The van der Waals surface area contributed by atoms with E-state index in [2.05, 4.69) is 5.32 Å². The van der Waals surface area contributed by atoms with Gasteiger partial charge in [-0.2, -0.15) is 0 Å². The van der Waals surface area contributed by atoms with Gasteiger partial charge in [0.25, 0.3) is 5.91 Å². The Balaban J connectivity index is 1.96. The first kappa shape index (κ1) is 34.2. The molecule has 5 N–H and O–H groups in total. The summed E-state index contributed by atoms with van der Waals surface area (Å²) in [6.07, 6.45) is -0.817. The number of primary sulfonamides is 1. The van der Waals surface area contributed by atoms with Crippen molar-refractivity contribution in [3.63, 3.8) is 0 Å². The molecular weight excluding hydrogens is 620 g/mol. The van der Waals surface area contributed by atoms with Crippen LogP contribution in [0.1, 0.15) is 48.9 Å². The van der Waals surface area contributed by atoms with Crippen LogP contribution >= 0.6 is 0 Å². The molecule has 0 spiro atoms. The number of nitrogens with zero attached hydrogens (tertiary/aromatic N) is 1. The zero-order valence-electron chi connectivity index (χ0n) is 24.9. The van der Waals surface area contributed by atoms with Gasteiger partial charge in [0.05, 0.1) is 17.1 Å². The van der Waals surface area contributed by atoms with Gasteiger partial charge in [-0.1, -0.05) is 30.3 Å². The third-order valence-corrected chi connectivity index (χ3v) is 8.00. The number of hydrogen-bond acceptors (Lipinski definition) is 7. The highest BCUT2D eigenvalue weighted by Crippen LogP contribution is 2.43. The van der Waals surface area contributed by atoms with Gasteiger partial charge in [0, 0.05) is 47.4 Å². The molecule has 1 heterocycles. The zero-order chi connectivity index (χ0) is 33.8. The number of rotatable bonds is 12. The smallest absolute Gasteiger partial charge is 0.272 e. The van der Waals surface area contributed by atoms with E-state index in [9.17, 15) is 42.1 Å². The standard InChI is InChI=1S/C33H33F2N3O7S/c1-19(2)38-28(16-13-25(39)17-26(40)18-29(41)42)30(20-3-7-22(34)8-4-20)31(21-5-9-23(35)10-6-21)32(38)33(43)37-24-11-14-27(15-12-24)46(36,44)45/h3-16,19,25-26,39-40H,17-18H2,1-2H3,(H,37,43)(H,41,42)(H2,36,44,45)/p-1/b16-13+/t25-,26-/m1/s1. The molecule has 0 fully saturated rings. The summed E-state index contributed by atoms with van der Waals surface area (Å²) in [5.41, 5.74) is 2.47. The minimum absolute atomic E-state index is 0.114. The van der Waals surface area contributed by atoms with E-state index in [0.717, 1.165) is 0 Å². The molecule has 4 rings (SSSR count). The van der Waals surface area contributed by atoms with Crippen molar-refractivity contribution in [1.29, 1.82) is 0 Å². The van der Waals surface area contributed by atoms with Gasteiger partial charge in [0.1, 0.15) is 17.3 Å². The first-order valence-electron chi connectivity index (χ1n) is 14.1. The number of aliphatic carboxylic acids is 1. The molecule has 0 aliphatic rings. The number of hydrogen-bond donors (Lipinski definition) is 4. The molecule has 0 radical (unpaired) electrons. The zero-order valence-corrected chi connectivity index (χ0v) is 25.7. The maximum Gasteiger partial charge on any atom is 0.272 e.